The van der Waals surface area contributed by atoms with Crippen LogP contribution in [0.4, 0.5) is 4.79 Å². The molecule has 2 saturated heterocycles. The maximum atomic E-state index is 16.1. The molecule has 9 nitrogen and oxygen atoms in total. The molecule has 0 saturated carbocycles. The van der Waals surface area contributed by atoms with Crippen molar-refractivity contribution in [1.82, 2.24) is 29.6 Å². The van der Waals surface area contributed by atoms with Gasteiger partial charge in [-0.25, -0.2) is 4.79 Å². The van der Waals surface area contributed by atoms with Gasteiger partial charge < -0.3 is 9.47 Å². The first-order chi connectivity index (χ1) is 28.2. The smallest absolute Gasteiger partial charge is 0.326 e. The van der Waals surface area contributed by atoms with Crippen LogP contribution >= 0.6 is 23.2 Å². The highest BCUT2D eigenvalue weighted by molar-refractivity contribution is 6.31. The summed E-state index contributed by atoms with van der Waals surface area (Å²) in [5.74, 6) is 1.23. The van der Waals surface area contributed by atoms with Gasteiger partial charge >= 0.3 is 6.03 Å². The predicted molar refractivity (Wildman–Crippen MR) is 228 cm³/mol. The Labute approximate surface area is 350 Å². The Bertz CT molecular complexity index is 2160. The van der Waals surface area contributed by atoms with E-state index in [0.717, 1.165) is 22.3 Å². The summed E-state index contributed by atoms with van der Waals surface area (Å²) in [7, 11) is 0. The minimum Gasteiger partial charge on any atom is -0.462 e. The number of amides is 2. The second kappa shape index (κ2) is 17.2. The SMILES string of the molecule is Cc1cc(Cl)ccc1O[C@]1(c2cccnc2)CN(Cc2ccccc2)CCN1C(=O)N1CCN(Cc2ccccc2)C[C@@]1(Oc1ccc(Cl)cc1C)c1cccnc1. The molecule has 6 aromatic rings. The number of aryl methyl sites for hydroxylation is 2. The van der Waals surface area contributed by atoms with Gasteiger partial charge in [-0.05, 0) is 96.8 Å². The van der Waals surface area contributed by atoms with Crippen LogP contribution in [0.2, 0.25) is 10.0 Å². The van der Waals surface area contributed by atoms with E-state index in [9.17, 15) is 0 Å². The van der Waals surface area contributed by atoms with Crippen molar-refractivity contribution in [2.24, 2.45) is 0 Å². The minimum absolute atomic E-state index is 0.232. The molecular formula is C47H46Cl2N6O3. The summed E-state index contributed by atoms with van der Waals surface area (Å²) in [6, 6.07) is 39.4. The van der Waals surface area contributed by atoms with E-state index in [2.05, 4.69) is 68.3 Å². The Morgan fingerprint density at radius 1 is 0.586 bits per heavy atom. The number of ether oxygens (including phenoxy) is 2. The van der Waals surface area contributed by atoms with Crippen LogP contribution in [-0.2, 0) is 24.5 Å². The van der Waals surface area contributed by atoms with Gasteiger partial charge in [0.15, 0.2) is 0 Å². The summed E-state index contributed by atoms with van der Waals surface area (Å²) < 4.78 is 14.6. The van der Waals surface area contributed by atoms with Gasteiger partial charge in [0.2, 0.25) is 11.4 Å². The number of aromatic nitrogens is 2. The van der Waals surface area contributed by atoms with Gasteiger partial charge in [-0.1, -0.05) is 83.9 Å². The lowest BCUT2D eigenvalue weighted by atomic mass is 9.95. The molecule has 0 unspecified atom stereocenters. The molecule has 2 amide bonds. The molecule has 58 heavy (non-hydrogen) atoms. The molecule has 4 aromatic carbocycles. The van der Waals surface area contributed by atoms with Crippen LogP contribution in [0.3, 0.4) is 0 Å². The Morgan fingerprint density at radius 2 is 1.02 bits per heavy atom. The monoisotopic (exact) mass is 812 g/mol. The van der Waals surface area contributed by atoms with Gasteiger partial charge in [0.25, 0.3) is 0 Å². The number of pyridine rings is 2. The number of halogens is 2. The zero-order valence-electron chi connectivity index (χ0n) is 32.7. The fraction of sp³-hybridized carbons (Fsp3) is 0.255. The van der Waals surface area contributed by atoms with Crippen LogP contribution in [-0.4, -0.2) is 74.9 Å². The third kappa shape index (κ3) is 8.26. The fourth-order valence-electron chi connectivity index (χ4n) is 8.17. The highest BCUT2D eigenvalue weighted by Gasteiger charge is 2.55. The quantitative estimate of drug-likeness (QED) is 0.137. The van der Waals surface area contributed by atoms with Crippen LogP contribution in [0.1, 0.15) is 33.4 Å². The number of benzene rings is 4. The largest absolute Gasteiger partial charge is 0.462 e. The van der Waals surface area contributed by atoms with Gasteiger partial charge in [0, 0.05) is 85.2 Å². The fourth-order valence-corrected chi connectivity index (χ4v) is 8.62. The Morgan fingerprint density at radius 3 is 1.40 bits per heavy atom. The number of hydrogen-bond donors (Lipinski definition) is 0. The van der Waals surface area contributed by atoms with Gasteiger partial charge in [-0.15, -0.1) is 0 Å². The topological polar surface area (TPSA) is 74.3 Å². The van der Waals surface area contributed by atoms with Crippen LogP contribution < -0.4 is 9.47 Å². The first-order valence-corrected chi connectivity index (χ1v) is 20.3. The third-order valence-corrected chi connectivity index (χ3v) is 11.5. The zero-order chi connectivity index (χ0) is 40.1. The average Bonchev–Trinajstić information content (AvgIpc) is 3.24. The summed E-state index contributed by atoms with van der Waals surface area (Å²) in [4.78, 5) is 33.7. The summed E-state index contributed by atoms with van der Waals surface area (Å²) in [5, 5.41) is 1.21. The molecule has 4 heterocycles. The van der Waals surface area contributed by atoms with Crippen LogP contribution in [0.5, 0.6) is 11.5 Å². The molecule has 0 N–H and O–H groups in total. The zero-order valence-corrected chi connectivity index (χ0v) is 34.2. The van der Waals surface area contributed by atoms with Crippen molar-refractivity contribution in [2.45, 2.75) is 38.4 Å². The molecule has 8 rings (SSSR count). The predicted octanol–water partition coefficient (Wildman–Crippen LogP) is 9.32. The van der Waals surface area contributed by atoms with Crippen molar-refractivity contribution in [2.75, 3.05) is 39.3 Å². The van der Waals surface area contributed by atoms with Crippen LogP contribution in [0.25, 0.3) is 0 Å². The molecule has 11 heteroatoms. The van der Waals surface area contributed by atoms with E-state index in [1.165, 1.54) is 11.1 Å². The standard InChI is InChI=1S/C47H46Cl2N6O3/c1-35-27-41(48)17-19-43(35)57-46(39-15-9-21-50-29-39)33-52(31-37-11-5-3-6-12-37)23-25-54(46)45(56)55-26-24-53(32-38-13-7-4-8-14-38)34-47(55,40-16-10-22-51-30-40)58-44-20-18-42(49)28-36(44)2/h3-22,27-30H,23-26,31-34H2,1-2H3/t46-,47+. The first-order valence-electron chi connectivity index (χ1n) is 19.6. The second-order valence-electron chi connectivity index (χ2n) is 15.1. The number of urea groups is 1. The van der Waals surface area contributed by atoms with Crippen LogP contribution in [0.15, 0.2) is 146 Å². The molecule has 2 aliphatic heterocycles. The molecule has 0 spiro atoms. The second-order valence-corrected chi connectivity index (χ2v) is 15.9. The number of hydrogen-bond acceptors (Lipinski definition) is 7. The van der Waals surface area contributed by atoms with Gasteiger partial charge in [-0.2, -0.15) is 0 Å². The Balaban J connectivity index is 1.27. The number of carbonyl (C=O) groups excluding carboxylic acids is 1. The first kappa shape index (κ1) is 39.4. The van der Waals surface area contributed by atoms with Crippen molar-refractivity contribution in [1.29, 1.82) is 0 Å². The van der Waals surface area contributed by atoms with Crippen molar-refractivity contribution in [3.05, 3.63) is 190 Å². The average molecular weight is 814 g/mol. The molecule has 0 aliphatic carbocycles. The van der Waals surface area contributed by atoms with E-state index >= 15 is 4.79 Å². The summed E-state index contributed by atoms with van der Waals surface area (Å²) in [6.45, 7) is 7.95. The van der Waals surface area contributed by atoms with Gasteiger partial charge in [0.05, 0.1) is 13.1 Å². The molecular weight excluding hydrogens is 767 g/mol. The van der Waals surface area contributed by atoms with E-state index in [4.69, 9.17) is 32.7 Å². The van der Waals surface area contributed by atoms with Crippen molar-refractivity contribution >= 4 is 29.2 Å². The molecule has 2 aliphatic rings. The third-order valence-electron chi connectivity index (χ3n) is 11.0. The lowest BCUT2D eigenvalue weighted by molar-refractivity contribution is -0.156. The van der Waals surface area contributed by atoms with E-state index in [-0.39, 0.29) is 6.03 Å². The van der Waals surface area contributed by atoms with Crippen molar-refractivity contribution in [3.8, 4) is 11.5 Å². The van der Waals surface area contributed by atoms with E-state index in [1.807, 2.05) is 96.4 Å². The van der Waals surface area contributed by atoms with E-state index in [0.29, 0.717) is 73.9 Å². The number of carbonyl (C=O) groups is 1. The van der Waals surface area contributed by atoms with E-state index in [1.54, 1.807) is 24.8 Å². The number of piperazine rings is 2. The van der Waals surface area contributed by atoms with Gasteiger partial charge in [0.1, 0.15) is 11.5 Å². The molecule has 2 aromatic heterocycles. The Hall–Kier alpha value is -5.45. The van der Waals surface area contributed by atoms with Crippen molar-refractivity contribution in [3.63, 3.8) is 0 Å². The van der Waals surface area contributed by atoms with E-state index < -0.39 is 11.4 Å². The summed E-state index contributed by atoms with van der Waals surface area (Å²) in [6.07, 6.45) is 7.08. The van der Waals surface area contributed by atoms with Crippen LogP contribution in [0, 0.1) is 13.8 Å². The molecule has 0 radical (unpaired) electrons. The van der Waals surface area contributed by atoms with Crippen molar-refractivity contribution < 1.29 is 14.3 Å². The molecule has 0 bridgehead atoms. The summed E-state index contributed by atoms with van der Waals surface area (Å²) in [5.41, 5.74) is 2.92. The lowest BCUT2D eigenvalue weighted by Crippen LogP contribution is -2.71. The maximum Gasteiger partial charge on any atom is 0.326 e. The van der Waals surface area contributed by atoms with Gasteiger partial charge in [-0.3, -0.25) is 29.6 Å². The lowest BCUT2D eigenvalue weighted by Gasteiger charge is -2.55. The summed E-state index contributed by atoms with van der Waals surface area (Å²) >= 11 is 12.9. The minimum atomic E-state index is -1.31. The highest BCUT2D eigenvalue weighted by atomic mass is 35.5. The highest BCUT2D eigenvalue weighted by Crippen LogP contribution is 2.43. The Kier molecular flexibility index (Phi) is 11.7. The normalized spacial score (nSPS) is 20.1. The maximum absolute atomic E-state index is 16.1. The molecule has 2 atom stereocenters. The number of rotatable bonds is 10. The molecule has 2 fully saturated rings. The molecule has 296 valence electrons. The number of nitrogens with zero attached hydrogens (tertiary/aromatic N) is 6.